The molecule has 0 saturated carbocycles. The van der Waals surface area contributed by atoms with Gasteiger partial charge in [0.2, 0.25) is 5.91 Å². The summed E-state index contributed by atoms with van der Waals surface area (Å²) in [5.74, 6) is -0.558. The van der Waals surface area contributed by atoms with E-state index in [1.807, 2.05) is 19.1 Å². The zero-order valence-electron chi connectivity index (χ0n) is 15.9. The standard InChI is InChI=1S/C23H21ClN2O3/c1-15-7-10-18(24)14-20(15)25-23(29)21(13-16-8-11-19(27)12-9-16)26-22(28)17-5-3-2-4-6-17/h2-12,14,21,27H,13H2,1H3,(H,25,29)(H,26,28). The minimum absolute atomic E-state index is 0.137. The Morgan fingerprint density at radius 1 is 1.00 bits per heavy atom. The number of phenolic OH excluding ortho intramolecular Hbond substituents is 1. The number of nitrogens with one attached hydrogen (secondary N) is 2. The maximum absolute atomic E-state index is 13.0. The van der Waals surface area contributed by atoms with Gasteiger partial charge < -0.3 is 15.7 Å². The van der Waals surface area contributed by atoms with E-state index in [1.54, 1.807) is 60.7 Å². The molecule has 1 unspecified atom stereocenters. The predicted octanol–water partition coefficient (Wildman–Crippen LogP) is 4.33. The van der Waals surface area contributed by atoms with Crippen molar-refractivity contribution >= 4 is 29.1 Å². The van der Waals surface area contributed by atoms with Gasteiger partial charge in [0.15, 0.2) is 0 Å². The lowest BCUT2D eigenvalue weighted by Gasteiger charge is -2.20. The van der Waals surface area contributed by atoms with E-state index in [9.17, 15) is 14.7 Å². The van der Waals surface area contributed by atoms with Crippen LogP contribution in [-0.4, -0.2) is 23.0 Å². The van der Waals surface area contributed by atoms with Crippen LogP contribution in [0.5, 0.6) is 5.75 Å². The van der Waals surface area contributed by atoms with E-state index >= 15 is 0 Å². The highest BCUT2D eigenvalue weighted by Gasteiger charge is 2.22. The minimum Gasteiger partial charge on any atom is -0.508 e. The Labute approximate surface area is 174 Å². The number of hydrogen-bond acceptors (Lipinski definition) is 3. The lowest BCUT2D eigenvalue weighted by molar-refractivity contribution is -0.118. The lowest BCUT2D eigenvalue weighted by atomic mass is 10.0. The maximum Gasteiger partial charge on any atom is 0.251 e. The molecule has 29 heavy (non-hydrogen) atoms. The maximum atomic E-state index is 13.0. The fraction of sp³-hybridized carbons (Fsp3) is 0.130. The monoisotopic (exact) mass is 408 g/mol. The predicted molar refractivity (Wildman–Crippen MR) is 114 cm³/mol. The van der Waals surface area contributed by atoms with E-state index in [1.165, 1.54) is 0 Å². The van der Waals surface area contributed by atoms with E-state index in [-0.39, 0.29) is 24.0 Å². The second-order valence-electron chi connectivity index (χ2n) is 6.71. The molecule has 3 aromatic rings. The summed E-state index contributed by atoms with van der Waals surface area (Å²) in [4.78, 5) is 25.6. The quantitative estimate of drug-likeness (QED) is 0.568. The van der Waals surface area contributed by atoms with Crippen molar-refractivity contribution in [2.45, 2.75) is 19.4 Å². The van der Waals surface area contributed by atoms with Crippen LogP contribution >= 0.6 is 11.6 Å². The van der Waals surface area contributed by atoms with E-state index in [0.717, 1.165) is 11.1 Å². The number of aryl methyl sites for hydroxylation is 1. The Morgan fingerprint density at radius 2 is 1.69 bits per heavy atom. The number of rotatable bonds is 6. The van der Waals surface area contributed by atoms with Gasteiger partial charge in [-0.3, -0.25) is 9.59 Å². The molecule has 0 aromatic heterocycles. The van der Waals surface area contributed by atoms with Crippen molar-refractivity contribution in [3.63, 3.8) is 0 Å². The zero-order chi connectivity index (χ0) is 20.8. The van der Waals surface area contributed by atoms with Gasteiger partial charge in [-0.1, -0.05) is 48.0 Å². The molecule has 0 spiro atoms. The molecule has 5 nitrogen and oxygen atoms in total. The van der Waals surface area contributed by atoms with Gasteiger partial charge in [0, 0.05) is 22.7 Å². The van der Waals surface area contributed by atoms with Crippen molar-refractivity contribution in [3.8, 4) is 5.75 Å². The largest absolute Gasteiger partial charge is 0.508 e. The number of halogens is 1. The molecule has 148 valence electrons. The van der Waals surface area contributed by atoms with E-state index in [4.69, 9.17) is 11.6 Å². The smallest absolute Gasteiger partial charge is 0.251 e. The van der Waals surface area contributed by atoms with Crippen LogP contribution in [0.2, 0.25) is 5.02 Å². The molecule has 3 aromatic carbocycles. The molecule has 3 N–H and O–H groups in total. The van der Waals surface area contributed by atoms with E-state index < -0.39 is 6.04 Å². The van der Waals surface area contributed by atoms with Crippen LogP contribution in [-0.2, 0) is 11.2 Å². The van der Waals surface area contributed by atoms with Crippen molar-refractivity contribution < 1.29 is 14.7 Å². The summed E-state index contributed by atoms with van der Waals surface area (Å²) in [5, 5.41) is 15.6. The first-order valence-electron chi connectivity index (χ1n) is 9.13. The van der Waals surface area contributed by atoms with Crippen LogP contribution in [0.4, 0.5) is 5.69 Å². The number of benzene rings is 3. The van der Waals surface area contributed by atoms with Gasteiger partial charge in [0.05, 0.1) is 0 Å². The number of aromatic hydroxyl groups is 1. The number of phenols is 1. The Balaban J connectivity index is 1.82. The highest BCUT2D eigenvalue weighted by molar-refractivity contribution is 6.31. The number of carbonyl (C=O) groups is 2. The number of hydrogen-bond donors (Lipinski definition) is 3. The topological polar surface area (TPSA) is 78.4 Å². The lowest BCUT2D eigenvalue weighted by Crippen LogP contribution is -2.45. The van der Waals surface area contributed by atoms with Gasteiger partial charge in [0.1, 0.15) is 11.8 Å². The summed E-state index contributed by atoms with van der Waals surface area (Å²) in [6.07, 6.45) is 0.268. The third-order valence-corrected chi connectivity index (χ3v) is 4.73. The van der Waals surface area contributed by atoms with Gasteiger partial charge in [0.25, 0.3) is 5.91 Å². The zero-order valence-corrected chi connectivity index (χ0v) is 16.6. The normalized spacial score (nSPS) is 11.5. The first kappa shape index (κ1) is 20.4. The molecule has 0 fully saturated rings. The first-order valence-corrected chi connectivity index (χ1v) is 9.51. The van der Waals surface area contributed by atoms with Crippen LogP contribution in [0, 0.1) is 6.92 Å². The second kappa shape index (κ2) is 9.26. The van der Waals surface area contributed by atoms with Crippen molar-refractivity contribution in [1.82, 2.24) is 5.32 Å². The summed E-state index contributed by atoms with van der Waals surface area (Å²) < 4.78 is 0. The highest BCUT2D eigenvalue weighted by Crippen LogP contribution is 2.21. The van der Waals surface area contributed by atoms with Gasteiger partial charge in [-0.05, 0) is 54.4 Å². The minimum atomic E-state index is -0.814. The van der Waals surface area contributed by atoms with Gasteiger partial charge in [-0.15, -0.1) is 0 Å². The van der Waals surface area contributed by atoms with Crippen LogP contribution < -0.4 is 10.6 Å². The SMILES string of the molecule is Cc1ccc(Cl)cc1NC(=O)C(Cc1ccc(O)cc1)NC(=O)c1ccccc1. The molecular formula is C23H21ClN2O3. The van der Waals surface area contributed by atoms with E-state index in [0.29, 0.717) is 16.3 Å². The molecule has 0 aliphatic carbocycles. The van der Waals surface area contributed by atoms with Crippen LogP contribution in [0.25, 0.3) is 0 Å². The number of anilines is 1. The van der Waals surface area contributed by atoms with Gasteiger partial charge in [-0.2, -0.15) is 0 Å². The Kier molecular flexibility index (Phi) is 6.52. The summed E-state index contributed by atoms with van der Waals surface area (Å²) >= 11 is 6.04. The fourth-order valence-corrected chi connectivity index (χ4v) is 3.03. The number of carbonyl (C=O) groups excluding carboxylic acids is 2. The molecule has 0 saturated heterocycles. The molecule has 0 aliphatic rings. The van der Waals surface area contributed by atoms with Gasteiger partial charge >= 0.3 is 0 Å². The van der Waals surface area contributed by atoms with Crippen LogP contribution in [0.3, 0.4) is 0 Å². The Bertz CT molecular complexity index is 1000. The highest BCUT2D eigenvalue weighted by atomic mass is 35.5. The third kappa shape index (κ3) is 5.59. The Hall–Kier alpha value is -3.31. The van der Waals surface area contributed by atoms with Gasteiger partial charge in [-0.25, -0.2) is 0 Å². The summed E-state index contributed by atoms with van der Waals surface area (Å²) in [6.45, 7) is 1.86. The van der Waals surface area contributed by atoms with Crippen molar-refractivity contribution in [2.24, 2.45) is 0 Å². The van der Waals surface area contributed by atoms with E-state index in [2.05, 4.69) is 10.6 Å². The molecule has 3 rings (SSSR count). The van der Waals surface area contributed by atoms with Crippen molar-refractivity contribution in [3.05, 3.63) is 94.5 Å². The molecule has 0 radical (unpaired) electrons. The number of amides is 2. The summed E-state index contributed by atoms with van der Waals surface area (Å²) in [7, 11) is 0. The average molecular weight is 409 g/mol. The Morgan fingerprint density at radius 3 is 2.38 bits per heavy atom. The molecule has 2 amide bonds. The van der Waals surface area contributed by atoms with Crippen molar-refractivity contribution in [2.75, 3.05) is 5.32 Å². The average Bonchev–Trinajstić information content (AvgIpc) is 2.72. The third-order valence-electron chi connectivity index (χ3n) is 4.49. The van der Waals surface area contributed by atoms with Crippen molar-refractivity contribution in [1.29, 1.82) is 0 Å². The molecule has 0 aliphatic heterocycles. The summed E-state index contributed by atoms with van der Waals surface area (Å²) in [5.41, 5.74) is 2.72. The molecule has 1 atom stereocenters. The van der Waals surface area contributed by atoms with Crippen LogP contribution in [0.1, 0.15) is 21.5 Å². The van der Waals surface area contributed by atoms with Crippen LogP contribution in [0.15, 0.2) is 72.8 Å². The fourth-order valence-electron chi connectivity index (χ4n) is 2.86. The second-order valence-corrected chi connectivity index (χ2v) is 7.15. The first-order chi connectivity index (χ1) is 13.9. The molecule has 0 heterocycles. The molecule has 0 bridgehead atoms. The summed E-state index contributed by atoms with van der Waals surface area (Å²) in [6, 6.07) is 19.7. The molecule has 6 heteroatoms. The molecular weight excluding hydrogens is 388 g/mol.